The highest BCUT2D eigenvalue weighted by molar-refractivity contribution is 5.22. The molecule has 14 heavy (non-hydrogen) atoms. The molecule has 0 amide bonds. The van der Waals surface area contributed by atoms with Crippen molar-refractivity contribution in [2.75, 3.05) is 0 Å². The molecule has 0 bridgehead atoms. The van der Waals surface area contributed by atoms with Crippen LogP contribution < -0.4 is 0 Å². The van der Waals surface area contributed by atoms with E-state index in [4.69, 9.17) is 0 Å². The normalized spacial score (nSPS) is 14.6. The van der Waals surface area contributed by atoms with Gasteiger partial charge in [0.25, 0.3) is 0 Å². The number of allylic oxidation sites excluding steroid dienone is 2. The fourth-order valence-corrected chi connectivity index (χ4v) is 1.75. The van der Waals surface area contributed by atoms with Crippen LogP contribution in [0.5, 0.6) is 0 Å². The van der Waals surface area contributed by atoms with Crippen molar-refractivity contribution in [3.8, 4) is 0 Å². The third-order valence-electron chi connectivity index (χ3n) is 3.01. The van der Waals surface area contributed by atoms with Crippen LogP contribution in [0.2, 0.25) is 0 Å². The van der Waals surface area contributed by atoms with Crippen LogP contribution >= 0.6 is 0 Å². The molecule has 1 aromatic carbocycles. The lowest BCUT2D eigenvalue weighted by Gasteiger charge is -2.29. The lowest BCUT2D eigenvalue weighted by molar-refractivity contribution is 0.395. The number of hydrogen-bond acceptors (Lipinski definition) is 0. The molecule has 0 saturated carbocycles. The van der Waals surface area contributed by atoms with E-state index in [1.807, 2.05) is 0 Å². The smallest absolute Gasteiger partial charge is 0.0104 e. The van der Waals surface area contributed by atoms with Gasteiger partial charge in [0.1, 0.15) is 0 Å². The highest BCUT2D eigenvalue weighted by atomic mass is 14.3. The van der Waals surface area contributed by atoms with Crippen LogP contribution in [0.3, 0.4) is 0 Å². The molecular weight excluding hydrogens is 168 g/mol. The van der Waals surface area contributed by atoms with Gasteiger partial charge in [-0.25, -0.2) is 0 Å². The third-order valence-corrected chi connectivity index (χ3v) is 3.01. The molecular formula is C14H20. The minimum absolute atomic E-state index is 0.232. The van der Waals surface area contributed by atoms with Gasteiger partial charge in [-0.3, -0.25) is 0 Å². The zero-order valence-electron chi connectivity index (χ0n) is 9.62. The first-order valence-electron chi connectivity index (χ1n) is 5.26. The molecule has 0 fully saturated rings. The molecule has 1 rings (SSSR count). The van der Waals surface area contributed by atoms with E-state index in [9.17, 15) is 0 Å². The molecule has 0 N–H and O–H groups in total. The highest BCUT2D eigenvalue weighted by Gasteiger charge is 2.23. The molecule has 1 aromatic rings. The van der Waals surface area contributed by atoms with Gasteiger partial charge >= 0.3 is 0 Å². The van der Waals surface area contributed by atoms with Gasteiger partial charge in [-0.05, 0) is 23.8 Å². The third kappa shape index (κ3) is 2.47. The highest BCUT2D eigenvalue weighted by Crippen LogP contribution is 2.36. The maximum Gasteiger partial charge on any atom is -0.0104 e. The van der Waals surface area contributed by atoms with Crippen LogP contribution in [-0.4, -0.2) is 0 Å². The maximum atomic E-state index is 2.29. The van der Waals surface area contributed by atoms with Crippen LogP contribution in [0.15, 0.2) is 42.5 Å². The Morgan fingerprint density at radius 3 is 2.21 bits per heavy atom. The molecule has 0 nitrogen and oxygen atoms in total. The molecule has 0 heteroatoms. The molecule has 1 atom stereocenters. The van der Waals surface area contributed by atoms with E-state index in [2.05, 4.69) is 70.2 Å². The van der Waals surface area contributed by atoms with E-state index in [1.165, 1.54) is 5.56 Å². The Hall–Kier alpha value is -1.04. The van der Waals surface area contributed by atoms with Crippen LogP contribution in [-0.2, 0) is 0 Å². The molecule has 0 aliphatic heterocycles. The second-order valence-electron chi connectivity index (χ2n) is 4.45. The minimum atomic E-state index is 0.232. The summed E-state index contributed by atoms with van der Waals surface area (Å²) in [6.07, 6.45) is 4.42. The van der Waals surface area contributed by atoms with E-state index in [1.54, 1.807) is 0 Å². The number of benzene rings is 1. The van der Waals surface area contributed by atoms with E-state index < -0.39 is 0 Å². The average Bonchev–Trinajstić information content (AvgIpc) is 2.18. The van der Waals surface area contributed by atoms with E-state index >= 15 is 0 Å². The Kier molecular flexibility index (Phi) is 3.51. The van der Waals surface area contributed by atoms with Crippen LogP contribution in [0.25, 0.3) is 0 Å². The second kappa shape index (κ2) is 4.45. The van der Waals surface area contributed by atoms with Crippen molar-refractivity contribution in [2.24, 2.45) is 5.41 Å². The summed E-state index contributed by atoms with van der Waals surface area (Å²) in [5.41, 5.74) is 1.64. The van der Waals surface area contributed by atoms with Crippen LogP contribution in [0.1, 0.15) is 39.2 Å². The Bertz CT molecular complexity index is 293. The SMILES string of the molecule is CC=CC(C)(C)C(C)c1ccccc1. The standard InChI is InChI=1S/C14H20/c1-5-11-14(3,4)12(2)13-9-7-6-8-10-13/h5-12H,1-4H3. The van der Waals surface area contributed by atoms with Crippen molar-refractivity contribution in [3.05, 3.63) is 48.0 Å². The van der Waals surface area contributed by atoms with Crippen molar-refractivity contribution < 1.29 is 0 Å². The predicted octanol–water partition coefficient (Wildman–Crippen LogP) is 4.39. The molecule has 0 aliphatic carbocycles. The van der Waals surface area contributed by atoms with Crippen molar-refractivity contribution >= 4 is 0 Å². The molecule has 0 heterocycles. The van der Waals surface area contributed by atoms with Crippen molar-refractivity contribution in [1.29, 1.82) is 0 Å². The fourth-order valence-electron chi connectivity index (χ4n) is 1.75. The van der Waals surface area contributed by atoms with Crippen molar-refractivity contribution in [2.45, 2.75) is 33.6 Å². The van der Waals surface area contributed by atoms with Gasteiger partial charge in [0.05, 0.1) is 0 Å². The average molecular weight is 188 g/mol. The first-order valence-corrected chi connectivity index (χ1v) is 5.26. The van der Waals surface area contributed by atoms with Crippen LogP contribution in [0, 0.1) is 5.41 Å². The Balaban J connectivity index is 2.90. The molecule has 0 spiro atoms. The van der Waals surface area contributed by atoms with Gasteiger partial charge in [-0.15, -0.1) is 0 Å². The molecule has 0 radical (unpaired) electrons. The van der Waals surface area contributed by atoms with E-state index in [0.29, 0.717) is 5.92 Å². The summed E-state index contributed by atoms with van der Waals surface area (Å²) in [4.78, 5) is 0. The monoisotopic (exact) mass is 188 g/mol. The predicted molar refractivity (Wildman–Crippen MR) is 63.5 cm³/mol. The quantitative estimate of drug-likeness (QED) is 0.617. The Morgan fingerprint density at radius 1 is 1.14 bits per heavy atom. The minimum Gasteiger partial charge on any atom is -0.0911 e. The summed E-state index contributed by atoms with van der Waals surface area (Å²) in [5.74, 6) is 0.555. The van der Waals surface area contributed by atoms with Gasteiger partial charge in [0, 0.05) is 0 Å². The molecule has 1 unspecified atom stereocenters. The second-order valence-corrected chi connectivity index (χ2v) is 4.45. The van der Waals surface area contributed by atoms with Gasteiger partial charge in [-0.2, -0.15) is 0 Å². The molecule has 0 saturated heterocycles. The van der Waals surface area contributed by atoms with Crippen molar-refractivity contribution in [3.63, 3.8) is 0 Å². The van der Waals surface area contributed by atoms with Gasteiger partial charge in [0.15, 0.2) is 0 Å². The summed E-state index contributed by atoms with van der Waals surface area (Å²) >= 11 is 0. The summed E-state index contributed by atoms with van der Waals surface area (Å²) < 4.78 is 0. The van der Waals surface area contributed by atoms with Gasteiger partial charge < -0.3 is 0 Å². The van der Waals surface area contributed by atoms with E-state index in [0.717, 1.165) is 0 Å². The van der Waals surface area contributed by atoms with E-state index in [-0.39, 0.29) is 5.41 Å². The lowest BCUT2D eigenvalue weighted by Crippen LogP contribution is -2.16. The maximum absolute atomic E-state index is 2.29. The molecule has 76 valence electrons. The zero-order chi connectivity index (χ0) is 10.6. The number of hydrogen-bond donors (Lipinski definition) is 0. The topological polar surface area (TPSA) is 0 Å². The fraction of sp³-hybridized carbons (Fsp3) is 0.429. The summed E-state index contributed by atoms with van der Waals surface area (Å²) in [6, 6.07) is 10.7. The number of rotatable bonds is 3. The van der Waals surface area contributed by atoms with Gasteiger partial charge in [0.2, 0.25) is 0 Å². The Morgan fingerprint density at radius 2 is 1.71 bits per heavy atom. The first-order chi connectivity index (χ1) is 6.58. The zero-order valence-corrected chi connectivity index (χ0v) is 9.62. The Labute approximate surface area is 87.7 Å². The lowest BCUT2D eigenvalue weighted by atomic mass is 9.76. The summed E-state index contributed by atoms with van der Waals surface area (Å²) in [5, 5.41) is 0. The largest absolute Gasteiger partial charge is 0.0911 e. The molecule has 0 aliphatic rings. The summed E-state index contributed by atoms with van der Waals surface area (Å²) in [6.45, 7) is 8.93. The molecule has 0 aromatic heterocycles. The van der Waals surface area contributed by atoms with Crippen molar-refractivity contribution in [1.82, 2.24) is 0 Å². The van der Waals surface area contributed by atoms with Crippen LogP contribution in [0.4, 0.5) is 0 Å². The summed E-state index contributed by atoms with van der Waals surface area (Å²) in [7, 11) is 0. The first kappa shape index (κ1) is 11.0. The van der Waals surface area contributed by atoms with Gasteiger partial charge in [-0.1, -0.05) is 63.3 Å².